The zero-order valence-electron chi connectivity index (χ0n) is 18.2. The lowest BCUT2D eigenvalue weighted by Gasteiger charge is -2.21. The van der Waals surface area contributed by atoms with E-state index in [1.807, 2.05) is 17.0 Å². The quantitative estimate of drug-likeness (QED) is 0.279. The molecule has 0 heterocycles. The third kappa shape index (κ3) is 11.1. The molecule has 1 aromatic carbocycles. The molecule has 0 aromatic heterocycles. The van der Waals surface area contributed by atoms with Gasteiger partial charge in [0.05, 0.1) is 11.6 Å². The molecule has 3 nitrogen and oxygen atoms in total. The summed E-state index contributed by atoms with van der Waals surface area (Å²) in [6, 6.07) is 9.40. The van der Waals surface area contributed by atoms with E-state index in [1.54, 1.807) is 19.1 Å². The van der Waals surface area contributed by atoms with Crippen LogP contribution in [0.2, 0.25) is 0 Å². The standard InChI is InChI=1S/C25H40N2O/c1-3-4-5-6-7-8-9-10-11-12-13-14-15-16-21-27(23(2)28)25-19-17-24(22-26)18-20-25/h17-20H,3-16,21H2,1-2H3. The molecule has 1 aromatic rings. The van der Waals surface area contributed by atoms with Crippen molar-refractivity contribution in [2.75, 3.05) is 11.4 Å². The molecule has 0 spiro atoms. The van der Waals surface area contributed by atoms with E-state index >= 15 is 0 Å². The third-order valence-corrected chi connectivity index (χ3v) is 5.42. The second kappa shape index (κ2) is 16.2. The number of nitriles is 1. The monoisotopic (exact) mass is 384 g/mol. The number of unbranched alkanes of at least 4 members (excludes halogenated alkanes) is 13. The number of amides is 1. The fraction of sp³-hybridized carbons (Fsp3) is 0.680. The molecular weight excluding hydrogens is 344 g/mol. The topological polar surface area (TPSA) is 44.1 Å². The maximum Gasteiger partial charge on any atom is 0.223 e. The van der Waals surface area contributed by atoms with Crippen LogP contribution in [0.5, 0.6) is 0 Å². The van der Waals surface area contributed by atoms with Crippen LogP contribution >= 0.6 is 0 Å². The molecule has 0 bridgehead atoms. The van der Waals surface area contributed by atoms with Crippen LogP contribution < -0.4 is 4.90 Å². The maximum absolute atomic E-state index is 11.9. The largest absolute Gasteiger partial charge is 0.313 e. The zero-order chi connectivity index (χ0) is 20.5. The first-order valence-corrected chi connectivity index (χ1v) is 11.5. The predicted molar refractivity (Wildman–Crippen MR) is 119 cm³/mol. The summed E-state index contributed by atoms with van der Waals surface area (Å²) >= 11 is 0. The number of hydrogen-bond donors (Lipinski definition) is 0. The molecule has 156 valence electrons. The van der Waals surface area contributed by atoms with Gasteiger partial charge in [-0.1, -0.05) is 90.4 Å². The Balaban J connectivity index is 2.03. The molecule has 0 fully saturated rings. The number of hydrogen-bond acceptors (Lipinski definition) is 2. The minimum atomic E-state index is 0.0689. The van der Waals surface area contributed by atoms with Crippen LogP contribution in [0.15, 0.2) is 24.3 Å². The van der Waals surface area contributed by atoms with E-state index in [4.69, 9.17) is 5.26 Å². The van der Waals surface area contributed by atoms with E-state index in [0.717, 1.165) is 18.7 Å². The van der Waals surface area contributed by atoms with Crippen LogP contribution in [0.1, 0.15) is 109 Å². The molecule has 0 saturated heterocycles. The summed E-state index contributed by atoms with van der Waals surface area (Å²) in [6.45, 7) is 4.65. The Morgan fingerprint density at radius 3 is 1.61 bits per heavy atom. The first-order valence-electron chi connectivity index (χ1n) is 11.5. The van der Waals surface area contributed by atoms with Crippen LogP contribution in [-0.2, 0) is 4.79 Å². The van der Waals surface area contributed by atoms with Gasteiger partial charge in [-0.05, 0) is 30.7 Å². The van der Waals surface area contributed by atoms with Gasteiger partial charge in [-0.15, -0.1) is 0 Å². The van der Waals surface area contributed by atoms with Crippen LogP contribution in [0.25, 0.3) is 0 Å². The molecule has 3 heteroatoms. The molecule has 0 aliphatic heterocycles. The van der Waals surface area contributed by atoms with Crippen molar-refractivity contribution in [2.24, 2.45) is 0 Å². The van der Waals surface area contributed by atoms with Gasteiger partial charge < -0.3 is 4.90 Å². The molecule has 1 rings (SSSR count). The molecule has 1 amide bonds. The molecule has 0 atom stereocenters. The lowest BCUT2D eigenvalue weighted by Crippen LogP contribution is -2.29. The Morgan fingerprint density at radius 1 is 0.786 bits per heavy atom. The highest BCUT2D eigenvalue weighted by Gasteiger charge is 2.10. The number of rotatable bonds is 16. The minimum Gasteiger partial charge on any atom is -0.313 e. The average Bonchev–Trinajstić information content (AvgIpc) is 2.71. The highest BCUT2D eigenvalue weighted by Crippen LogP contribution is 2.17. The fourth-order valence-corrected chi connectivity index (χ4v) is 3.65. The van der Waals surface area contributed by atoms with Crippen LogP contribution in [0.3, 0.4) is 0 Å². The van der Waals surface area contributed by atoms with Crippen molar-refractivity contribution in [3.63, 3.8) is 0 Å². The van der Waals surface area contributed by atoms with E-state index in [-0.39, 0.29) is 5.91 Å². The van der Waals surface area contributed by atoms with Crippen molar-refractivity contribution in [3.05, 3.63) is 29.8 Å². The van der Waals surface area contributed by atoms with Gasteiger partial charge in [0.1, 0.15) is 0 Å². The second-order valence-corrected chi connectivity index (χ2v) is 7.93. The molecule has 0 aliphatic carbocycles. The normalized spacial score (nSPS) is 10.6. The Kier molecular flexibility index (Phi) is 14.0. The molecule has 0 radical (unpaired) electrons. The van der Waals surface area contributed by atoms with E-state index in [2.05, 4.69) is 13.0 Å². The summed E-state index contributed by atoms with van der Waals surface area (Å²) in [5.74, 6) is 0.0689. The van der Waals surface area contributed by atoms with Gasteiger partial charge in [0.25, 0.3) is 0 Å². The Labute approximate surface area is 173 Å². The maximum atomic E-state index is 11.9. The number of benzene rings is 1. The summed E-state index contributed by atoms with van der Waals surface area (Å²) < 4.78 is 0. The lowest BCUT2D eigenvalue weighted by molar-refractivity contribution is -0.116. The van der Waals surface area contributed by atoms with Crippen molar-refractivity contribution < 1.29 is 4.79 Å². The van der Waals surface area contributed by atoms with Crippen molar-refractivity contribution >= 4 is 11.6 Å². The molecule has 28 heavy (non-hydrogen) atoms. The highest BCUT2D eigenvalue weighted by atomic mass is 16.2. The smallest absolute Gasteiger partial charge is 0.223 e. The zero-order valence-corrected chi connectivity index (χ0v) is 18.2. The SMILES string of the molecule is CCCCCCCCCCCCCCCCN(C(C)=O)c1ccc(C#N)cc1. The number of anilines is 1. The summed E-state index contributed by atoms with van der Waals surface area (Å²) in [6.07, 6.45) is 18.7. The molecule has 0 N–H and O–H groups in total. The summed E-state index contributed by atoms with van der Waals surface area (Å²) in [7, 11) is 0. The van der Waals surface area contributed by atoms with E-state index < -0.39 is 0 Å². The van der Waals surface area contributed by atoms with Crippen molar-refractivity contribution in [1.82, 2.24) is 0 Å². The van der Waals surface area contributed by atoms with E-state index in [9.17, 15) is 4.79 Å². The van der Waals surface area contributed by atoms with E-state index in [0.29, 0.717) is 5.56 Å². The molecule has 0 unspecified atom stereocenters. The van der Waals surface area contributed by atoms with Crippen LogP contribution in [0.4, 0.5) is 5.69 Å². The molecular formula is C25H40N2O. The lowest BCUT2D eigenvalue weighted by atomic mass is 10.0. The molecule has 0 saturated carbocycles. The first-order chi connectivity index (χ1) is 13.7. The highest BCUT2D eigenvalue weighted by molar-refractivity contribution is 5.91. The number of nitrogens with zero attached hydrogens (tertiary/aromatic N) is 2. The van der Waals surface area contributed by atoms with Gasteiger partial charge in [0.2, 0.25) is 5.91 Å². The Hall–Kier alpha value is -1.82. The summed E-state index contributed by atoms with van der Waals surface area (Å²) in [4.78, 5) is 13.7. The van der Waals surface area contributed by atoms with Gasteiger partial charge in [-0.25, -0.2) is 0 Å². The van der Waals surface area contributed by atoms with Gasteiger partial charge >= 0.3 is 0 Å². The van der Waals surface area contributed by atoms with Crippen molar-refractivity contribution in [1.29, 1.82) is 5.26 Å². The van der Waals surface area contributed by atoms with Gasteiger partial charge in [-0.2, -0.15) is 5.26 Å². The van der Waals surface area contributed by atoms with Crippen molar-refractivity contribution in [3.8, 4) is 6.07 Å². The van der Waals surface area contributed by atoms with E-state index in [1.165, 1.54) is 83.5 Å². The summed E-state index contributed by atoms with van der Waals surface area (Å²) in [5.41, 5.74) is 1.52. The Morgan fingerprint density at radius 2 is 1.21 bits per heavy atom. The third-order valence-electron chi connectivity index (χ3n) is 5.42. The first kappa shape index (κ1) is 24.2. The fourth-order valence-electron chi connectivity index (χ4n) is 3.65. The van der Waals surface area contributed by atoms with Crippen LogP contribution in [-0.4, -0.2) is 12.5 Å². The van der Waals surface area contributed by atoms with Gasteiger partial charge in [0.15, 0.2) is 0 Å². The average molecular weight is 385 g/mol. The van der Waals surface area contributed by atoms with Crippen molar-refractivity contribution in [2.45, 2.75) is 104 Å². The van der Waals surface area contributed by atoms with Gasteiger partial charge in [0, 0.05) is 19.2 Å². The second-order valence-electron chi connectivity index (χ2n) is 7.93. The van der Waals surface area contributed by atoms with Gasteiger partial charge in [-0.3, -0.25) is 4.79 Å². The molecule has 0 aliphatic rings. The Bertz CT molecular complexity index is 559. The number of carbonyl (C=O) groups excluding carboxylic acids is 1. The van der Waals surface area contributed by atoms with Crippen LogP contribution in [0, 0.1) is 11.3 Å². The predicted octanol–water partition coefficient (Wildman–Crippen LogP) is 7.39. The summed E-state index contributed by atoms with van der Waals surface area (Å²) in [5, 5.41) is 8.89. The number of carbonyl (C=O) groups is 1. The minimum absolute atomic E-state index is 0.0689.